The number of anilines is 2. The lowest BCUT2D eigenvalue weighted by molar-refractivity contribution is 0.0921. The summed E-state index contributed by atoms with van der Waals surface area (Å²) in [6, 6.07) is 4.87. The molecule has 11 nitrogen and oxygen atoms in total. The van der Waals surface area contributed by atoms with Gasteiger partial charge in [0.05, 0.1) is 11.6 Å². The summed E-state index contributed by atoms with van der Waals surface area (Å²) >= 11 is 0. The Bertz CT molecular complexity index is 1440. The van der Waals surface area contributed by atoms with Crippen LogP contribution in [0.5, 0.6) is 0 Å². The summed E-state index contributed by atoms with van der Waals surface area (Å²) in [4.78, 5) is 29.9. The molecule has 3 heterocycles. The summed E-state index contributed by atoms with van der Waals surface area (Å²) in [5.41, 5.74) is 1.17. The van der Waals surface area contributed by atoms with Crippen molar-refractivity contribution in [3.8, 4) is 11.4 Å². The Morgan fingerprint density at radius 2 is 2.00 bits per heavy atom. The van der Waals surface area contributed by atoms with E-state index in [1.165, 1.54) is 6.33 Å². The average Bonchev–Trinajstić information content (AvgIpc) is 3.46. The lowest BCUT2D eigenvalue weighted by Gasteiger charge is -2.20. The van der Waals surface area contributed by atoms with Gasteiger partial charge in [0.25, 0.3) is 11.7 Å². The first-order valence-electron chi connectivity index (χ1n) is 12.1. The first-order chi connectivity index (χ1) is 17.7. The largest absolute Gasteiger partial charge is 0.342 e. The molecular weight excluding hydrogens is 477 g/mol. The van der Waals surface area contributed by atoms with Crippen molar-refractivity contribution >= 4 is 17.7 Å². The van der Waals surface area contributed by atoms with Gasteiger partial charge in [-0.1, -0.05) is 38.4 Å². The molecule has 0 saturated carbocycles. The van der Waals surface area contributed by atoms with Gasteiger partial charge < -0.3 is 15.2 Å². The SMILES string of the molecule is Cn1ccc(Nc2ncnc(-c3ccc4c(c3F)CCCC[C@@H]4NC(=O)c3noc(C(C)(C)C)n3)n2)n1. The molecule has 4 aromatic rings. The molecule has 5 rings (SSSR count). The number of amides is 1. The number of nitrogens with one attached hydrogen (secondary N) is 2. The Morgan fingerprint density at radius 3 is 2.73 bits per heavy atom. The van der Waals surface area contributed by atoms with Crippen LogP contribution in [0.1, 0.15) is 73.7 Å². The fourth-order valence-corrected chi connectivity index (χ4v) is 4.27. The smallest absolute Gasteiger partial charge is 0.293 e. The topological polar surface area (TPSA) is 137 Å². The van der Waals surface area contributed by atoms with Crippen LogP contribution in [0.4, 0.5) is 16.2 Å². The summed E-state index contributed by atoms with van der Waals surface area (Å²) in [6.45, 7) is 5.77. The number of hydrogen-bond donors (Lipinski definition) is 2. The molecule has 1 aromatic carbocycles. The first-order valence-corrected chi connectivity index (χ1v) is 12.1. The molecule has 1 atom stereocenters. The van der Waals surface area contributed by atoms with Crippen LogP contribution in [0, 0.1) is 5.82 Å². The molecule has 192 valence electrons. The van der Waals surface area contributed by atoms with Crippen molar-refractivity contribution in [1.82, 2.24) is 40.2 Å². The van der Waals surface area contributed by atoms with Crippen LogP contribution in [-0.2, 0) is 18.9 Å². The van der Waals surface area contributed by atoms with Crippen LogP contribution in [0.25, 0.3) is 11.4 Å². The second kappa shape index (κ2) is 9.68. The lowest BCUT2D eigenvalue weighted by atomic mass is 9.95. The Kier molecular flexibility index (Phi) is 6.40. The Hall–Kier alpha value is -4.22. The highest BCUT2D eigenvalue weighted by atomic mass is 19.1. The van der Waals surface area contributed by atoms with Crippen molar-refractivity contribution in [2.45, 2.75) is 57.9 Å². The minimum absolute atomic E-state index is 0.0362. The van der Waals surface area contributed by atoms with Crippen molar-refractivity contribution in [3.63, 3.8) is 0 Å². The van der Waals surface area contributed by atoms with E-state index in [9.17, 15) is 4.79 Å². The summed E-state index contributed by atoms with van der Waals surface area (Å²) in [5, 5.41) is 14.0. The summed E-state index contributed by atoms with van der Waals surface area (Å²) in [5.74, 6) is 0.525. The highest BCUT2D eigenvalue weighted by molar-refractivity contribution is 5.90. The molecule has 1 aliphatic carbocycles. The number of nitrogens with zero attached hydrogens (tertiary/aromatic N) is 7. The summed E-state index contributed by atoms with van der Waals surface area (Å²) < 4.78 is 22.8. The van der Waals surface area contributed by atoms with Crippen LogP contribution in [-0.4, -0.2) is 40.8 Å². The van der Waals surface area contributed by atoms with Crippen molar-refractivity contribution in [2.75, 3.05) is 5.32 Å². The number of rotatable bonds is 5. The first kappa shape index (κ1) is 24.5. The van der Waals surface area contributed by atoms with E-state index >= 15 is 4.39 Å². The Morgan fingerprint density at radius 1 is 1.16 bits per heavy atom. The van der Waals surface area contributed by atoms with Gasteiger partial charge in [0.2, 0.25) is 11.8 Å². The second-order valence-electron chi connectivity index (χ2n) is 10.1. The molecule has 1 amide bonds. The quantitative estimate of drug-likeness (QED) is 0.385. The van der Waals surface area contributed by atoms with E-state index < -0.39 is 11.7 Å². The monoisotopic (exact) mass is 505 g/mol. The maximum Gasteiger partial charge on any atom is 0.293 e. The molecule has 2 N–H and O–H groups in total. The van der Waals surface area contributed by atoms with E-state index in [-0.39, 0.29) is 34.6 Å². The highest BCUT2D eigenvalue weighted by Crippen LogP contribution is 2.34. The molecule has 1 aliphatic rings. The number of benzene rings is 1. The zero-order valence-electron chi connectivity index (χ0n) is 21.1. The predicted molar refractivity (Wildman–Crippen MR) is 132 cm³/mol. The van der Waals surface area contributed by atoms with Gasteiger partial charge in [0.1, 0.15) is 12.1 Å². The number of carbonyl (C=O) groups excluding carboxylic acids is 1. The fraction of sp³-hybridized carbons (Fsp3) is 0.400. The molecule has 0 bridgehead atoms. The fourth-order valence-electron chi connectivity index (χ4n) is 4.27. The summed E-state index contributed by atoms with van der Waals surface area (Å²) in [6.07, 6.45) is 5.96. The van der Waals surface area contributed by atoms with E-state index in [0.717, 1.165) is 18.4 Å². The van der Waals surface area contributed by atoms with Gasteiger partial charge in [-0.2, -0.15) is 15.1 Å². The van der Waals surface area contributed by atoms with Gasteiger partial charge in [0, 0.05) is 24.7 Å². The van der Waals surface area contributed by atoms with Crippen molar-refractivity contribution in [2.24, 2.45) is 7.05 Å². The zero-order valence-corrected chi connectivity index (χ0v) is 21.1. The van der Waals surface area contributed by atoms with Crippen molar-refractivity contribution in [1.29, 1.82) is 0 Å². The number of aromatic nitrogens is 7. The Labute approximate surface area is 212 Å². The minimum Gasteiger partial charge on any atom is -0.342 e. The third kappa shape index (κ3) is 5.18. The molecule has 3 aromatic heterocycles. The second-order valence-corrected chi connectivity index (χ2v) is 10.1. The van der Waals surface area contributed by atoms with Crippen molar-refractivity contribution < 1.29 is 13.7 Å². The highest BCUT2D eigenvalue weighted by Gasteiger charge is 2.28. The van der Waals surface area contributed by atoms with E-state index in [0.29, 0.717) is 30.1 Å². The van der Waals surface area contributed by atoms with Crippen LogP contribution >= 0.6 is 0 Å². The average molecular weight is 506 g/mol. The lowest BCUT2D eigenvalue weighted by Crippen LogP contribution is -2.30. The molecule has 0 radical (unpaired) electrons. The van der Waals surface area contributed by atoms with Crippen LogP contribution in [0.15, 0.2) is 35.2 Å². The number of fused-ring (bicyclic) bond motifs is 1. The van der Waals surface area contributed by atoms with E-state index in [1.54, 1.807) is 30.1 Å². The van der Waals surface area contributed by atoms with Gasteiger partial charge in [-0.05, 0) is 36.5 Å². The number of aryl methyl sites for hydroxylation is 1. The minimum atomic E-state index is -0.454. The van der Waals surface area contributed by atoms with E-state index in [1.807, 2.05) is 26.8 Å². The van der Waals surface area contributed by atoms with Gasteiger partial charge >= 0.3 is 0 Å². The van der Waals surface area contributed by atoms with Crippen molar-refractivity contribution in [3.05, 3.63) is 59.4 Å². The van der Waals surface area contributed by atoms with E-state index in [2.05, 4.69) is 40.8 Å². The van der Waals surface area contributed by atoms with Gasteiger partial charge in [-0.3, -0.25) is 9.48 Å². The standard InChI is InChI=1S/C25H28FN9O2/c1-25(2,3)23-31-21(34-37-23)22(36)29-17-8-6-5-7-15-14(17)9-10-16(19(15)26)20-27-13-28-24(32-20)30-18-11-12-35(4)33-18/h9-13,17H,5-8H2,1-4H3,(H,29,36)(H,27,28,30,32,33)/t17-/m0/s1. The maximum absolute atomic E-state index is 15.9. The van der Waals surface area contributed by atoms with Crippen LogP contribution in [0.3, 0.4) is 0 Å². The van der Waals surface area contributed by atoms with Crippen LogP contribution < -0.4 is 10.6 Å². The van der Waals surface area contributed by atoms with Gasteiger partial charge in [0.15, 0.2) is 11.6 Å². The van der Waals surface area contributed by atoms with Crippen LogP contribution in [0.2, 0.25) is 0 Å². The third-order valence-corrected chi connectivity index (χ3v) is 6.17. The molecular formula is C25H28FN9O2. The predicted octanol–water partition coefficient (Wildman–Crippen LogP) is 4.03. The number of carbonyl (C=O) groups is 1. The molecule has 0 aliphatic heterocycles. The third-order valence-electron chi connectivity index (χ3n) is 6.17. The number of hydrogen-bond acceptors (Lipinski definition) is 9. The maximum atomic E-state index is 15.9. The van der Waals surface area contributed by atoms with E-state index in [4.69, 9.17) is 4.52 Å². The summed E-state index contributed by atoms with van der Waals surface area (Å²) in [7, 11) is 1.80. The van der Waals surface area contributed by atoms with Gasteiger partial charge in [-0.15, -0.1) is 0 Å². The Balaban J connectivity index is 1.41. The zero-order chi connectivity index (χ0) is 26.2. The molecule has 12 heteroatoms. The normalized spacial score (nSPS) is 15.6. The molecule has 0 spiro atoms. The van der Waals surface area contributed by atoms with Gasteiger partial charge in [-0.25, -0.2) is 14.4 Å². The molecule has 0 unspecified atom stereocenters. The molecule has 0 fully saturated rings. The molecule has 0 saturated heterocycles. The molecule has 37 heavy (non-hydrogen) atoms. The number of halogens is 1.